The first-order chi connectivity index (χ1) is 66.7. The highest BCUT2D eigenvalue weighted by Crippen LogP contribution is 2.46. The van der Waals surface area contributed by atoms with Gasteiger partial charge in [0.2, 0.25) is 11.0 Å². The van der Waals surface area contributed by atoms with Crippen LogP contribution in [0.3, 0.4) is 0 Å². The van der Waals surface area contributed by atoms with Gasteiger partial charge in [-0.1, -0.05) is 299 Å². The van der Waals surface area contributed by atoms with Gasteiger partial charge >= 0.3 is 5.82 Å². The first-order valence-corrected chi connectivity index (χ1v) is 43.6. The Kier molecular flexibility index (Phi) is 20.8. The topological polar surface area (TPSA) is 191 Å². The molecule has 17 nitrogen and oxygen atoms in total. The Morgan fingerprint density at radius 2 is 0.593 bits per heavy atom. The molecule has 0 aliphatic rings. The summed E-state index contributed by atoms with van der Waals surface area (Å²) in [6.45, 7) is 21.7. The predicted molar refractivity (Wildman–Crippen MR) is 542 cm³/mol. The molecule has 17 heteroatoms. The van der Waals surface area contributed by atoms with Gasteiger partial charge in [-0.25, -0.2) is 15.0 Å². The third kappa shape index (κ3) is 14.7. The van der Waals surface area contributed by atoms with E-state index in [4.69, 9.17) is 24.1 Å². The third-order valence-electron chi connectivity index (χ3n) is 24.5. The summed E-state index contributed by atoms with van der Waals surface area (Å²) in [6.07, 6.45) is 0. The van der Waals surface area contributed by atoms with Crippen molar-refractivity contribution in [2.75, 3.05) is 9.80 Å². The summed E-state index contributed by atoms with van der Waals surface area (Å²) in [7, 11) is 0. The van der Waals surface area contributed by atoms with E-state index in [1.54, 1.807) is 18.2 Å². The number of benzene rings is 18. The highest BCUT2D eigenvalue weighted by atomic mass is 16.3. The molecule has 0 spiro atoms. The molecule has 0 unspecified atom stereocenters. The molecule has 24 aromatic rings. The fourth-order valence-corrected chi connectivity index (χ4v) is 18.3. The van der Waals surface area contributed by atoms with Crippen LogP contribution >= 0.6 is 0 Å². The number of furan rings is 1. The molecule has 0 radical (unpaired) electrons. The van der Waals surface area contributed by atoms with E-state index < -0.39 is 0 Å². The van der Waals surface area contributed by atoms with Crippen LogP contribution in [0, 0.1) is 53.7 Å². The number of aromatic nitrogens is 8. The lowest BCUT2D eigenvalue weighted by atomic mass is 10.0. The maximum Gasteiger partial charge on any atom is 0.307 e. The first-order valence-electron chi connectivity index (χ1n) is 43.6. The fourth-order valence-electron chi connectivity index (χ4n) is 18.3. The number of para-hydroxylation sites is 6. The summed E-state index contributed by atoms with van der Waals surface area (Å²) in [4.78, 5) is 39.0. The molecule has 0 aliphatic carbocycles. The van der Waals surface area contributed by atoms with Crippen LogP contribution < -0.4 is 9.80 Å². The van der Waals surface area contributed by atoms with Crippen molar-refractivity contribution < 1.29 is 4.42 Å². The second-order valence-electron chi connectivity index (χ2n) is 32.2. The lowest BCUT2D eigenvalue weighted by molar-refractivity contribution is 0.670. The largest absolute Gasteiger partial charge is 0.455 e. The molecule has 0 saturated heterocycles. The average Bonchev–Trinajstić information content (AvgIpc) is 1.55. The van der Waals surface area contributed by atoms with Crippen LogP contribution in [0.2, 0.25) is 0 Å². The molecular formula is C118H68N16O. The van der Waals surface area contributed by atoms with Crippen molar-refractivity contribution in [3.63, 3.8) is 0 Å². The van der Waals surface area contributed by atoms with Crippen molar-refractivity contribution in [2.45, 2.75) is 0 Å². The Bertz CT molecular complexity index is 8650. The van der Waals surface area contributed by atoms with Gasteiger partial charge < -0.3 is 37.9 Å². The Morgan fingerprint density at radius 3 is 1.07 bits per heavy atom. The number of fused-ring (bicyclic) bond motifs is 16. The Hall–Kier alpha value is -19.8. The SMILES string of the molecule is [C-]#[N+]c1nc2c(nc1C#N)c1nc(C#N)c(C#N)nc1c1nc([N+]#[C-])c([N+]#[C-])nc21.c1ccc(-c2ccc(N(c3ccc(-c4ccccc4)cc3)c3ccc(-c4ccc(N(c5ccccc5)c5cccc6ccccc56)cc4)cc3)cc2)cc1.c1ccc(-n2c3ccccc3c3cc(-c4ccc5c(c4)c4ccccc4n5-c4ccc(-c5cccc6c5oc5ccccc56)cc4)ccc32)cc1. The molecule has 6 heterocycles. The van der Waals surface area contributed by atoms with E-state index in [9.17, 15) is 15.8 Å². The van der Waals surface area contributed by atoms with Gasteiger partial charge in [0, 0.05) is 83.1 Å². The lowest BCUT2D eigenvalue weighted by Gasteiger charge is -2.27. The van der Waals surface area contributed by atoms with Crippen molar-refractivity contribution in [3.8, 4) is 85.2 Å². The van der Waals surface area contributed by atoms with Crippen LogP contribution in [0.25, 0.3) is 191 Å². The van der Waals surface area contributed by atoms with Gasteiger partial charge in [0.25, 0.3) is 17.2 Å². The second-order valence-corrected chi connectivity index (χ2v) is 32.2. The molecule has 0 bridgehead atoms. The summed E-state index contributed by atoms with van der Waals surface area (Å²) in [5, 5.41) is 37.6. The zero-order valence-electron chi connectivity index (χ0n) is 71.8. The van der Waals surface area contributed by atoms with E-state index in [-0.39, 0.29) is 67.6 Å². The number of nitriles is 3. The van der Waals surface area contributed by atoms with E-state index >= 15 is 0 Å². The van der Waals surface area contributed by atoms with Crippen LogP contribution in [-0.2, 0) is 0 Å². The van der Waals surface area contributed by atoms with Crippen LogP contribution in [0.4, 0.5) is 51.6 Å². The van der Waals surface area contributed by atoms with Gasteiger partial charge in [0.05, 0.1) is 27.8 Å². The van der Waals surface area contributed by atoms with Gasteiger partial charge in [0.15, 0.2) is 17.1 Å². The molecule has 0 aliphatic heterocycles. The van der Waals surface area contributed by atoms with Crippen molar-refractivity contribution in [2.24, 2.45) is 0 Å². The van der Waals surface area contributed by atoms with E-state index in [1.807, 2.05) is 12.1 Å². The number of hydrogen-bond donors (Lipinski definition) is 0. The molecule has 0 atom stereocenters. The van der Waals surface area contributed by atoms with E-state index in [0.29, 0.717) is 0 Å². The Labute approximate surface area is 774 Å². The summed E-state index contributed by atoms with van der Waals surface area (Å²) in [6, 6.07) is 153. The fraction of sp³-hybridized carbons (Fsp3) is 0. The summed E-state index contributed by atoms with van der Waals surface area (Å²) in [5.41, 5.74) is 26.6. The van der Waals surface area contributed by atoms with Crippen LogP contribution in [0.15, 0.2) is 417 Å². The van der Waals surface area contributed by atoms with Crippen molar-refractivity contribution in [1.82, 2.24) is 39.0 Å². The number of nitrogens with zero attached hydrogens (tertiary/aromatic N) is 16. The maximum atomic E-state index is 9.30. The monoisotopic (exact) mass is 1720 g/mol. The lowest BCUT2D eigenvalue weighted by Crippen LogP contribution is -2.10. The molecule has 6 aromatic heterocycles. The van der Waals surface area contributed by atoms with Crippen molar-refractivity contribution >= 4 is 161 Å². The van der Waals surface area contributed by atoms with Gasteiger partial charge in [0.1, 0.15) is 45.9 Å². The Morgan fingerprint density at radius 1 is 0.252 bits per heavy atom. The van der Waals surface area contributed by atoms with Gasteiger partial charge in [-0.15, -0.1) is 15.0 Å². The first kappa shape index (κ1) is 81.0. The molecule has 0 saturated carbocycles. The number of hydrogen-bond acceptors (Lipinski definition) is 12. The zero-order valence-corrected chi connectivity index (χ0v) is 71.8. The summed E-state index contributed by atoms with van der Waals surface area (Å²) in [5.74, 6) is -0.890. The van der Waals surface area contributed by atoms with Crippen LogP contribution in [0.5, 0.6) is 0 Å². The second kappa shape index (κ2) is 34.7. The molecule has 0 N–H and O–H groups in total. The molecule has 0 fully saturated rings. The highest BCUT2D eigenvalue weighted by Gasteiger charge is 2.30. The minimum Gasteiger partial charge on any atom is -0.455 e. The summed E-state index contributed by atoms with van der Waals surface area (Å²) < 4.78 is 11.1. The molecule has 135 heavy (non-hydrogen) atoms. The molecule has 626 valence electrons. The number of anilines is 6. The zero-order chi connectivity index (χ0) is 91.0. The maximum absolute atomic E-state index is 9.30. The molecule has 24 rings (SSSR count). The van der Waals surface area contributed by atoms with Crippen LogP contribution in [-0.4, -0.2) is 39.0 Å². The minimum atomic E-state index is -0.298. The number of rotatable bonds is 13. The van der Waals surface area contributed by atoms with Gasteiger partial charge in [-0.05, 0) is 189 Å². The van der Waals surface area contributed by atoms with Crippen molar-refractivity contribution in [1.29, 1.82) is 15.8 Å². The average molecular weight is 1730 g/mol. The van der Waals surface area contributed by atoms with Crippen molar-refractivity contribution in [3.05, 3.63) is 464 Å². The molecule has 18 aromatic carbocycles. The minimum absolute atomic E-state index is 0.000622. The van der Waals surface area contributed by atoms with E-state index in [0.717, 1.165) is 72.9 Å². The quantitative estimate of drug-likeness (QED) is 0.0785. The molecule has 0 amide bonds. The highest BCUT2D eigenvalue weighted by molar-refractivity contribution is 6.20. The standard InChI is InChI=1S/C52H38N2.C48H30N2O.C18N12/c1-4-13-39(14-5-1)41-23-31-47(32-24-41)53(48-33-25-42(26-34-48)40-15-6-2-7-16-40)49-35-27-43(28-36-49)44-29-37-50(38-30-44)54(46-19-8-3-9-20-46)52-22-12-18-45-17-10-11-21-51(45)52;1-2-11-34(12-3-1)49-43-18-7-4-13-37(43)41-29-32(23-27-45(41)49)33-24-28-46-42(30-33)38-14-5-8-19-44(38)50(46)35-25-21-31(22-26-35)36-16-10-17-40-39-15-6-9-20-47(39)51-48(36)40;1-22-16-9(6-21)27-12-10-11(26-8(5-20)7(4-19)25-10)14-15(13(12)28-16)30-18(24-3)17(23-2)29-14/h1-38H;1-30H;. The smallest absolute Gasteiger partial charge is 0.307 e. The van der Waals surface area contributed by atoms with Crippen LogP contribution in [0.1, 0.15) is 17.1 Å². The van der Waals surface area contributed by atoms with E-state index in [1.165, 1.54) is 105 Å². The van der Waals surface area contributed by atoms with E-state index in [2.05, 4.69) is 464 Å². The third-order valence-corrected chi connectivity index (χ3v) is 24.5. The normalized spacial score (nSPS) is 11.1. The van der Waals surface area contributed by atoms with Gasteiger partial charge in [-0.3, -0.25) is 0 Å². The Balaban J connectivity index is 0.000000122. The predicted octanol–water partition coefficient (Wildman–Crippen LogP) is 30.7. The summed E-state index contributed by atoms with van der Waals surface area (Å²) >= 11 is 0. The molecular weight excluding hydrogens is 1660 g/mol. The van der Waals surface area contributed by atoms with Gasteiger partial charge in [-0.2, -0.15) is 15.8 Å².